The molecule has 35 heavy (non-hydrogen) atoms. The summed E-state index contributed by atoms with van der Waals surface area (Å²) in [5.41, 5.74) is 2.58. The highest BCUT2D eigenvalue weighted by atomic mass is 35.5. The molecule has 1 N–H and O–H groups in total. The van der Waals surface area contributed by atoms with Gasteiger partial charge in [0.1, 0.15) is 12.3 Å². The van der Waals surface area contributed by atoms with E-state index in [1.807, 2.05) is 0 Å². The Morgan fingerprint density at radius 1 is 1.26 bits per heavy atom. The van der Waals surface area contributed by atoms with Crippen LogP contribution in [-0.2, 0) is 14.8 Å². The van der Waals surface area contributed by atoms with Gasteiger partial charge in [0.05, 0.1) is 34.5 Å². The van der Waals surface area contributed by atoms with Crippen LogP contribution in [0.2, 0.25) is 5.02 Å². The molecular weight excluding hydrogens is 498 g/mol. The normalized spacial score (nSPS) is 11.3. The number of benzene rings is 2. The van der Waals surface area contributed by atoms with Crippen molar-refractivity contribution in [2.24, 2.45) is 5.10 Å². The number of anilines is 1. The van der Waals surface area contributed by atoms with Crippen molar-refractivity contribution in [3.8, 4) is 5.75 Å². The number of hydrogen-bond acceptors (Lipinski definition) is 8. The first-order valence-electron chi connectivity index (χ1n) is 9.97. The van der Waals surface area contributed by atoms with Gasteiger partial charge in [0.15, 0.2) is 0 Å². The minimum Gasteiger partial charge on any atom is -0.495 e. The van der Waals surface area contributed by atoms with Gasteiger partial charge in [0.25, 0.3) is 21.6 Å². The third kappa shape index (κ3) is 6.11. The molecular formula is C22H20ClN5O6S. The van der Waals surface area contributed by atoms with Gasteiger partial charge in [-0.25, -0.2) is 13.8 Å². The monoisotopic (exact) mass is 517 g/mol. The number of sulfonamides is 1. The van der Waals surface area contributed by atoms with Crippen LogP contribution in [0.3, 0.4) is 0 Å². The standard InChI is InChI=1S/C22H20ClN5O6S/c1-15-6-8-18(12-19(15)28(30)31)35(32,33)27(20-11-16(23)7-9-21(20)34-2)14-22(29)26-25-13-17-5-3-4-10-24-17/h3-13H,14H2,1-2H3,(H,26,29)/b25-13-. The van der Waals surface area contributed by atoms with Gasteiger partial charge < -0.3 is 4.74 Å². The molecule has 0 bridgehead atoms. The number of amides is 1. The third-order valence-electron chi connectivity index (χ3n) is 4.74. The fourth-order valence-electron chi connectivity index (χ4n) is 3.02. The molecule has 2 aromatic carbocycles. The molecule has 1 heterocycles. The summed E-state index contributed by atoms with van der Waals surface area (Å²) >= 11 is 6.09. The zero-order valence-corrected chi connectivity index (χ0v) is 20.2. The van der Waals surface area contributed by atoms with Gasteiger partial charge in [0, 0.05) is 22.8 Å². The number of halogens is 1. The van der Waals surface area contributed by atoms with Crippen molar-refractivity contribution in [2.75, 3.05) is 18.0 Å². The smallest absolute Gasteiger partial charge is 0.273 e. The largest absolute Gasteiger partial charge is 0.495 e. The van der Waals surface area contributed by atoms with Gasteiger partial charge in [-0.2, -0.15) is 5.10 Å². The fourth-order valence-corrected chi connectivity index (χ4v) is 4.63. The molecule has 11 nitrogen and oxygen atoms in total. The Morgan fingerprint density at radius 2 is 2.03 bits per heavy atom. The first kappa shape index (κ1) is 25.6. The SMILES string of the molecule is COc1ccc(Cl)cc1N(CC(=O)N/N=C\c1ccccn1)S(=O)(=O)c1ccc(C)c([N+](=O)[O-])c1. The van der Waals surface area contributed by atoms with E-state index in [0.29, 0.717) is 5.69 Å². The van der Waals surface area contributed by atoms with Crippen molar-refractivity contribution < 1.29 is 22.9 Å². The quantitative estimate of drug-likeness (QED) is 0.260. The molecule has 0 aliphatic heterocycles. The molecule has 3 rings (SSSR count). The molecule has 0 saturated heterocycles. The fraction of sp³-hybridized carbons (Fsp3) is 0.136. The van der Waals surface area contributed by atoms with E-state index < -0.39 is 27.4 Å². The second kappa shape index (κ2) is 10.9. The molecule has 1 aromatic heterocycles. The minimum atomic E-state index is -4.48. The van der Waals surface area contributed by atoms with Crippen molar-refractivity contribution >= 4 is 45.1 Å². The number of rotatable bonds is 9. The van der Waals surface area contributed by atoms with Crippen LogP contribution >= 0.6 is 11.6 Å². The number of aromatic nitrogens is 1. The summed E-state index contributed by atoms with van der Waals surface area (Å²) in [6, 6.07) is 12.8. The maximum atomic E-state index is 13.6. The van der Waals surface area contributed by atoms with E-state index in [4.69, 9.17) is 16.3 Å². The summed E-state index contributed by atoms with van der Waals surface area (Å²) in [7, 11) is -3.16. The van der Waals surface area contributed by atoms with E-state index >= 15 is 0 Å². The van der Waals surface area contributed by atoms with Crippen LogP contribution in [0.15, 0.2) is 70.8 Å². The number of nitro benzene ring substituents is 1. The summed E-state index contributed by atoms with van der Waals surface area (Å²) in [6.07, 6.45) is 2.84. The molecule has 0 aliphatic carbocycles. The van der Waals surface area contributed by atoms with E-state index in [1.54, 1.807) is 24.4 Å². The van der Waals surface area contributed by atoms with Crippen LogP contribution in [0.4, 0.5) is 11.4 Å². The van der Waals surface area contributed by atoms with Crippen molar-refractivity contribution in [2.45, 2.75) is 11.8 Å². The van der Waals surface area contributed by atoms with Crippen LogP contribution in [-0.4, -0.2) is 44.1 Å². The average molecular weight is 518 g/mol. The Bertz CT molecular complexity index is 1380. The number of ether oxygens (including phenoxy) is 1. The Hall–Kier alpha value is -4.03. The lowest BCUT2D eigenvalue weighted by molar-refractivity contribution is -0.385. The molecule has 0 aliphatic rings. The Labute approximate surface area is 206 Å². The molecule has 0 spiro atoms. The van der Waals surface area contributed by atoms with Crippen molar-refractivity contribution in [3.05, 3.63) is 87.2 Å². The molecule has 0 radical (unpaired) electrons. The third-order valence-corrected chi connectivity index (χ3v) is 6.73. The number of nitrogens with one attached hydrogen (secondary N) is 1. The number of nitro groups is 1. The highest BCUT2D eigenvalue weighted by molar-refractivity contribution is 7.92. The summed E-state index contributed by atoms with van der Waals surface area (Å²) in [5.74, 6) is -0.672. The second-order valence-corrected chi connectivity index (χ2v) is 9.38. The van der Waals surface area contributed by atoms with Crippen molar-refractivity contribution in [3.63, 3.8) is 0 Å². The van der Waals surface area contributed by atoms with Crippen molar-refractivity contribution in [1.82, 2.24) is 10.4 Å². The van der Waals surface area contributed by atoms with Gasteiger partial charge in [-0.15, -0.1) is 0 Å². The van der Waals surface area contributed by atoms with Crippen LogP contribution in [0.25, 0.3) is 0 Å². The lowest BCUT2D eigenvalue weighted by Crippen LogP contribution is -2.39. The number of hydrogen-bond donors (Lipinski definition) is 1. The average Bonchev–Trinajstić information content (AvgIpc) is 2.83. The van der Waals surface area contributed by atoms with E-state index in [9.17, 15) is 23.3 Å². The van der Waals surface area contributed by atoms with Crippen LogP contribution in [0.1, 0.15) is 11.3 Å². The molecule has 0 fully saturated rings. The van der Waals surface area contributed by atoms with Gasteiger partial charge >= 0.3 is 0 Å². The number of carbonyl (C=O) groups excluding carboxylic acids is 1. The maximum absolute atomic E-state index is 13.6. The summed E-state index contributed by atoms with van der Waals surface area (Å²) in [6.45, 7) is 0.764. The first-order valence-corrected chi connectivity index (χ1v) is 11.8. The van der Waals surface area contributed by atoms with Crippen LogP contribution in [0.5, 0.6) is 5.75 Å². The number of pyridine rings is 1. The van der Waals surface area contributed by atoms with Crippen LogP contribution in [0, 0.1) is 17.0 Å². The molecule has 3 aromatic rings. The van der Waals surface area contributed by atoms with Gasteiger partial charge in [-0.3, -0.25) is 24.2 Å². The molecule has 1 amide bonds. The van der Waals surface area contributed by atoms with E-state index in [1.165, 1.54) is 50.6 Å². The van der Waals surface area contributed by atoms with E-state index in [2.05, 4.69) is 15.5 Å². The molecule has 0 saturated carbocycles. The summed E-state index contributed by atoms with van der Waals surface area (Å²) in [5, 5.41) is 15.4. The zero-order chi connectivity index (χ0) is 25.6. The zero-order valence-electron chi connectivity index (χ0n) is 18.6. The summed E-state index contributed by atoms with van der Waals surface area (Å²) in [4.78, 5) is 27.0. The maximum Gasteiger partial charge on any atom is 0.273 e. The number of aryl methyl sites for hydroxylation is 1. The Balaban J connectivity index is 2.01. The topological polar surface area (TPSA) is 144 Å². The lowest BCUT2D eigenvalue weighted by atomic mass is 10.2. The lowest BCUT2D eigenvalue weighted by Gasteiger charge is -2.25. The molecule has 13 heteroatoms. The molecule has 0 unspecified atom stereocenters. The van der Waals surface area contributed by atoms with Gasteiger partial charge in [-0.05, 0) is 43.3 Å². The second-order valence-electron chi connectivity index (χ2n) is 7.08. The van der Waals surface area contributed by atoms with E-state index in [-0.39, 0.29) is 32.6 Å². The number of nitrogens with zero attached hydrogens (tertiary/aromatic N) is 4. The van der Waals surface area contributed by atoms with E-state index in [0.717, 1.165) is 10.4 Å². The van der Waals surface area contributed by atoms with Gasteiger partial charge in [0.2, 0.25) is 0 Å². The van der Waals surface area contributed by atoms with Crippen LogP contribution < -0.4 is 14.5 Å². The minimum absolute atomic E-state index is 0.0351. The molecule has 0 atom stereocenters. The Morgan fingerprint density at radius 3 is 2.69 bits per heavy atom. The number of methoxy groups -OCH3 is 1. The number of carbonyl (C=O) groups is 1. The summed E-state index contributed by atoms with van der Waals surface area (Å²) < 4.78 is 33.2. The van der Waals surface area contributed by atoms with Gasteiger partial charge in [-0.1, -0.05) is 23.7 Å². The molecule has 182 valence electrons. The number of hydrazone groups is 1. The highest BCUT2D eigenvalue weighted by Gasteiger charge is 2.31. The Kier molecular flexibility index (Phi) is 7.99. The first-order chi connectivity index (χ1) is 16.6. The predicted molar refractivity (Wildman–Crippen MR) is 130 cm³/mol. The highest BCUT2D eigenvalue weighted by Crippen LogP contribution is 2.35. The predicted octanol–water partition coefficient (Wildman–Crippen LogP) is 3.31. The van der Waals surface area contributed by atoms with Crippen molar-refractivity contribution in [1.29, 1.82) is 0 Å².